The molecule has 2 nitrogen and oxygen atoms in total. The number of hydrogen-bond acceptors (Lipinski definition) is 2. The van der Waals surface area contributed by atoms with Gasteiger partial charge in [-0.2, -0.15) is 10.2 Å². The number of nitrogens with zero attached hydrogens (tertiary/aromatic N) is 2. The Balaban J connectivity index is 1.75. The van der Waals surface area contributed by atoms with E-state index >= 15 is 0 Å². The van der Waals surface area contributed by atoms with Crippen LogP contribution in [0, 0.1) is 31.1 Å². The second-order valence-corrected chi connectivity index (χ2v) is 7.10. The normalized spacial score (nSPS) is 18.5. The van der Waals surface area contributed by atoms with Crippen LogP contribution in [0.4, 0.5) is 0 Å². The number of halogens is 2. The van der Waals surface area contributed by atoms with Crippen LogP contribution in [0.5, 0.6) is 0 Å². The lowest BCUT2D eigenvalue weighted by Crippen LogP contribution is -2.27. The van der Waals surface area contributed by atoms with Gasteiger partial charge in [0, 0.05) is 20.8 Å². The van der Waals surface area contributed by atoms with Crippen molar-refractivity contribution in [1.82, 2.24) is 0 Å². The van der Waals surface area contributed by atoms with Crippen LogP contribution in [-0.2, 0) is 0 Å². The maximum absolute atomic E-state index is 4.50. The predicted molar refractivity (Wildman–Crippen MR) is 101 cm³/mol. The van der Waals surface area contributed by atoms with E-state index in [0.29, 0.717) is 0 Å². The second-order valence-electron chi connectivity index (χ2n) is 5.26. The average molecular weight is 427 g/mol. The SMILES string of the molecule is Brc1ccc(C2=NN=C(c3ccc(Br)cc3)[C]3[CH][CH][CH][C]32)cc1. The Hall–Kier alpha value is -1.26. The Bertz CT molecular complexity index is 709. The van der Waals surface area contributed by atoms with Crippen molar-refractivity contribution >= 4 is 43.3 Å². The number of rotatable bonds is 2. The zero-order valence-corrected chi connectivity index (χ0v) is 15.2. The van der Waals surface area contributed by atoms with Crippen LogP contribution in [-0.4, -0.2) is 11.4 Å². The van der Waals surface area contributed by atoms with Gasteiger partial charge in [-0.3, -0.25) is 0 Å². The topological polar surface area (TPSA) is 24.7 Å². The molecule has 1 aliphatic carbocycles. The molecule has 111 valence electrons. The molecule has 0 aromatic heterocycles. The molecule has 2 aromatic rings. The van der Waals surface area contributed by atoms with Gasteiger partial charge in [0.2, 0.25) is 0 Å². The van der Waals surface area contributed by atoms with Gasteiger partial charge in [-0.05, 0) is 54.7 Å². The van der Waals surface area contributed by atoms with Crippen LogP contribution < -0.4 is 0 Å². The molecule has 0 N–H and O–H groups in total. The average Bonchev–Trinajstić information content (AvgIpc) is 3.05. The largest absolute Gasteiger partial charge is 0.154 e. The molecule has 0 spiro atoms. The fourth-order valence-electron chi connectivity index (χ4n) is 2.68. The molecule has 4 heteroatoms. The summed E-state index contributed by atoms with van der Waals surface area (Å²) in [6.45, 7) is 0. The minimum Gasteiger partial charge on any atom is -0.154 e. The summed E-state index contributed by atoms with van der Waals surface area (Å²) < 4.78 is 2.11. The van der Waals surface area contributed by atoms with Gasteiger partial charge in [-0.25, -0.2) is 0 Å². The van der Waals surface area contributed by atoms with Crippen molar-refractivity contribution in [2.45, 2.75) is 0 Å². The molecular weight excluding hydrogens is 416 g/mol. The highest BCUT2D eigenvalue weighted by Gasteiger charge is 2.40. The molecule has 4 rings (SSSR count). The molecule has 2 aliphatic rings. The number of hydrogen-bond donors (Lipinski definition) is 0. The summed E-state index contributed by atoms with van der Waals surface area (Å²) in [6.07, 6.45) is 6.26. The van der Waals surface area contributed by atoms with Crippen molar-refractivity contribution in [3.05, 3.63) is 99.7 Å². The van der Waals surface area contributed by atoms with Gasteiger partial charge >= 0.3 is 0 Å². The van der Waals surface area contributed by atoms with E-state index < -0.39 is 0 Å². The van der Waals surface area contributed by atoms with Crippen LogP contribution in [0.25, 0.3) is 0 Å². The first-order valence-corrected chi connectivity index (χ1v) is 8.75. The fraction of sp³-hybridized carbons (Fsp3) is 0. The quantitative estimate of drug-likeness (QED) is 0.630. The van der Waals surface area contributed by atoms with Gasteiger partial charge in [0.1, 0.15) is 0 Å². The van der Waals surface area contributed by atoms with Crippen molar-refractivity contribution in [3.63, 3.8) is 0 Å². The highest BCUT2D eigenvalue weighted by molar-refractivity contribution is 9.10. The number of fused-ring (bicyclic) bond motifs is 1. The van der Waals surface area contributed by atoms with E-state index in [1.54, 1.807) is 0 Å². The Morgan fingerprint density at radius 2 is 0.957 bits per heavy atom. The second kappa shape index (κ2) is 6.33. The first-order valence-electron chi connectivity index (χ1n) is 7.16. The summed E-state index contributed by atoms with van der Waals surface area (Å²) in [5.41, 5.74) is 3.97. The van der Waals surface area contributed by atoms with Crippen molar-refractivity contribution in [2.75, 3.05) is 0 Å². The third-order valence-electron chi connectivity index (χ3n) is 3.81. The molecule has 5 radical (unpaired) electrons. The van der Waals surface area contributed by atoms with Gasteiger partial charge < -0.3 is 0 Å². The first kappa shape index (κ1) is 15.3. The van der Waals surface area contributed by atoms with Crippen LogP contribution in [0.3, 0.4) is 0 Å². The zero-order valence-electron chi connectivity index (χ0n) is 12.0. The molecule has 2 aromatic carbocycles. The molecular formula is C19H11Br2N2. The molecule has 0 amide bonds. The Morgan fingerprint density at radius 1 is 0.565 bits per heavy atom. The molecule has 0 saturated heterocycles. The van der Waals surface area contributed by atoms with Crippen molar-refractivity contribution in [2.24, 2.45) is 10.2 Å². The predicted octanol–water partition coefficient (Wildman–Crippen LogP) is 5.19. The lowest BCUT2D eigenvalue weighted by atomic mass is 9.82. The molecule has 23 heavy (non-hydrogen) atoms. The Morgan fingerprint density at radius 3 is 1.35 bits per heavy atom. The highest BCUT2D eigenvalue weighted by Crippen LogP contribution is 2.41. The summed E-state index contributed by atoms with van der Waals surface area (Å²) >= 11 is 6.94. The Labute approximate surface area is 153 Å². The molecule has 1 fully saturated rings. The maximum atomic E-state index is 4.50. The van der Waals surface area contributed by atoms with Crippen molar-refractivity contribution in [3.8, 4) is 0 Å². The third-order valence-corrected chi connectivity index (χ3v) is 4.87. The molecule has 1 saturated carbocycles. The van der Waals surface area contributed by atoms with E-state index in [1.165, 1.54) is 0 Å². The molecule has 0 unspecified atom stereocenters. The van der Waals surface area contributed by atoms with Gasteiger partial charge in [0.05, 0.1) is 11.4 Å². The lowest BCUT2D eigenvalue weighted by molar-refractivity contribution is 1.13. The minimum atomic E-state index is 0.915. The smallest absolute Gasteiger partial charge is 0.0787 e. The summed E-state index contributed by atoms with van der Waals surface area (Å²) in [5, 5.41) is 9.00. The summed E-state index contributed by atoms with van der Waals surface area (Å²) in [5.74, 6) is 2.25. The first-order chi connectivity index (χ1) is 11.2. The van der Waals surface area contributed by atoms with E-state index in [2.05, 4.69) is 85.6 Å². The van der Waals surface area contributed by atoms with E-state index in [4.69, 9.17) is 0 Å². The van der Waals surface area contributed by atoms with Crippen molar-refractivity contribution in [1.29, 1.82) is 0 Å². The maximum Gasteiger partial charge on any atom is 0.0787 e. The molecule has 0 bridgehead atoms. The van der Waals surface area contributed by atoms with Gasteiger partial charge in [0.15, 0.2) is 0 Å². The van der Waals surface area contributed by atoms with Crippen molar-refractivity contribution < 1.29 is 0 Å². The molecule has 1 heterocycles. The van der Waals surface area contributed by atoms with Crippen LogP contribution >= 0.6 is 31.9 Å². The van der Waals surface area contributed by atoms with Crippen LogP contribution in [0.15, 0.2) is 67.7 Å². The monoisotopic (exact) mass is 425 g/mol. The summed E-state index contributed by atoms with van der Waals surface area (Å²) in [4.78, 5) is 0. The fourth-order valence-corrected chi connectivity index (χ4v) is 3.21. The van der Waals surface area contributed by atoms with Crippen LogP contribution in [0.1, 0.15) is 11.1 Å². The number of benzene rings is 2. The summed E-state index contributed by atoms with van der Waals surface area (Å²) in [7, 11) is 0. The van der Waals surface area contributed by atoms with E-state index in [-0.39, 0.29) is 0 Å². The minimum absolute atomic E-state index is 0.915. The van der Waals surface area contributed by atoms with Gasteiger partial charge in [0.25, 0.3) is 0 Å². The van der Waals surface area contributed by atoms with Crippen LogP contribution in [0.2, 0.25) is 0 Å². The van der Waals surface area contributed by atoms with E-state index in [0.717, 1.165) is 43.3 Å². The third kappa shape index (κ3) is 2.94. The Kier molecular flexibility index (Phi) is 4.20. The van der Waals surface area contributed by atoms with E-state index in [1.807, 2.05) is 24.3 Å². The zero-order chi connectivity index (χ0) is 15.8. The van der Waals surface area contributed by atoms with E-state index in [9.17, 15) is 0 Å². The van der Waals surface area contributed by atoms with Gasteiger partial charge in [-0.1, -0.05) is 56.1 Å². The highest BCUT2D eigenvalue weighted by atomic mass is 79.9. The lowest BCUT2D eigenvalue weighted by Gasteiger charge is -2.24. The summed E-state index contributed by atoms with van der Waals surface area (Å²) in [6, 6.07) is 16.3. The van der Waals surface area contributed by atoms with Gasteiger partial charge in [-0.15, -0.1) is 0 Å². The molecule has 0 atom stereocenters. The standard InChI is InChI=1S/C19H11Br2N2/c20-14-8-4-12(5-9-14)18-16-2-1-3-17(16)19(23-22-18)13-6-10-15(21)11-7-13/h1-11H. The molecule has 1 aliphatic heterocycles.